The number of pyridine rings is 1. The zero-order valence-corrected chi connectivity index (χ0v) is 14.9. The van der Waals surface area contributed by atoms with Gasteiger partial charge in [-0.15, -0.1) is 0 Å². The molecule has 1 amide bonds. The van der Waals surface area contributed by atoms with Gasteiger partial charge in [-0.05, 0) is 49.2 Å². The van der Waals surface area contributed by atoms with Crippen LogP contribution in [0, 0.1) is 0 Å². The van der Waals surface area contributed by atoms with Crippen LogP contribution in [0.15, 0.2) is 42.6 Å². The number of carbonyl (C=O) groups is 2. The van der Waals surface area contributed by atoms with E-state index in [4.69, 9.17) is 0 Å². The van der Waals surface area contributed by atoms with E-state index >= 15 is 0 Å². The lowest BCUT2D eigenvalue weighted by Gasteiger charge is -2.20. The first-order valence-corrected chi connectivity index (χ1v) is 8.88. The van der Waals surface area contributed by atoms with Crippen molar-refractivity contribution in [2.24, 2.45) is 0 Å². The number of nitrogens with zero attached hydrogens (tertiary/aromatic N) is 2. The molecule has 0 bridgehead atoms. The number of rotatable bonds is 4. The fourth-order valence-corrected chi connectivity index (χ4v) is 3.01. The molecular weight excluding hydrogens is 330 g/mol. The SMILES string of the molecule is COC(=O)c1ccc(Nc2ccc(C(=O)N3CCCCCC3)cn2)cc1. The van der Waals surface area contributed by atoms with E-state index in [1.54, 1.807) is 42.6 Å². The van der Waals surface area contributed by atoms with Crippen LogP contribution in [0.3, 0.4) is 0 Å². The molecule has 3 rings (SSSR count). The number of hydrogen-bond donors (Lipinski definition) is 1. The van der Waals surface area contributed by atoms with Gasteiger partial charge in [-0.25, -0.2) is 9.78 Å². The van der Waals surface area contributed by atoms with Gasteiger partial charge in [0.25, 0.3) is 5.91 Å². The minimum Gasteiger partial charge on any atom is -0.465 e. The topological polar surface area (TPSA) is 71.5 Å². The van der Waals surface area contributed by atoms with Crippen molar-refractivity contribution in [3.05, 3.63) is 53.7 Å². The van der Waals surface area contributed by atoms with Crippen LogP contribution in [0.5, 0.6) is 0 Å². The Morgan fingerprint density at radius 3 is 2.19 bits per heavy atom. The zero-order chi connectivity index (χ0) is 18.4. The Hall–Kier alpha value is -2.89. The molecule has 1 aromatic heterocycles. The number of anilines is 2. The Kier molecular flexibility index (Phi) is 5.84. The van der Waals surface area contributed by atoms with Crippen molar-refractivity contribution in [1.29, 1.82) is 0 Å². The molecule has 26 heavy (non-hydrogen) atoms. The lowest BCUT2D eigenvalue weighted by Crippen LogP contribution is -2.31. The number of amides is 1. The van der Waals surface area contributed by atoms with Crippen LogP contribution >= 0.6 is 0 Å². The Labute approximate surface area is 153 Å². The van der Waals surface area contributed by atoms with Crippen molar-refractivity contribution < 1.29 is 14.3 Å². The lowest BCUT2D eigenvalue weighted by molar-refractivity contribution is 0.0600. The number of hydrogen-bond acceptors (Lipinski definition) is 5. The Balaban J connectivity index is 1.63. The van der Waals surface area contributed by atoms with Crippen LogP contribution in [0.1, 0.15) is 46.4 Å². The van der Waals surface area contributed by atoms with Gasteiger partial charge in [0.05, 0.1) is 18.2 Å². The number of nitrogens with one attached hydrogen (secondary N) is 1. The first-order chi connectivity index (χ1) is 12.7. The Morgan fingerprint density at radius 2 is 1.62 bits per heavy atom. The summed E-state index contributed by atoms with van der Waals surface area (Å²) in [6.07, 6.45) is 6.14. The predicted octanol–water partition coefficient (Wildman–Crippen LogP) is 3.63. The molecule has 2 aromatic rings. The van der Waals surface area contributed by atoms with Crippen molar-refractivity contribution >= 4 is 23.4 Å². The van der Waals surface area contributed by atoms with Crippen molar-refractivity contribution in [3.8, 4) is 0 Å². The highest BCUT2D eigenvalue weighted by Gasteiger charge is 2.17. The fraction of sp³-hybridized carbons (Fsp3) is 0.350. The summed E-state index contributed by atoms with van der Waals surface area (Å²) in [5.41, 5.74) is 1.90. The second kappa shape index (κ2) is 8.47. The molecule has 1 aliphatic heterocycles. The van der Waals surface area contributed by atoms with Crippen LogP contribution in [0.4, 0.5) is 11.5 Å². The number of carbonyl (C=O) groups excluding carboxylic acids is 2. The van der Waals surface area contributed by atoms with Crippen molar-refractivity contribution in [2.75, 3.05) is 25.5 Å². The molecule has 0 spiro atoms. The third-order valence-corrected chi connectivity index (χ3v) is 4.48. The quantitative estimate of drug-likeness (QED) is 0.850. The molecule has 1 saturated heterocycles. The molecule has 1 aliphatic rings. The van der Waals surface area contributed by atoms with Crippen LogP contribution in [-0.2, 0) is 4.74 Å². The molecule has 1 fully saturated rings. The van der Waals surface area contributed by atoms with E-state index in [0.717, 1.165) is 31.6 Å². The molecule has 0 aliphatic carbocycles. The molecule has 0 radical (unpaired) electrons. The number of ether oxygens (including phenoxy) is 1. The maximum absolute atomic E-state index is 12.6. The number of likely N-dealkylation sites (tertiary alicyclic amines) is 1. The van der Waals surface area contributed by atoms with Crippen molar-refractivity contribution in [1.82, 2.24) is 9.88 Å². The van der Waals surface area contributed by atoms with E-state index in [-0.39, 0.29) is 11.9 Å². The number of benzene rings is 1. The van der Waals surface area contributed by atoms with Gasteiger partial charge in [0, 0.05) is 25.0 Å². The normalized spacial score (nSPS) is 14.4. The molecule has 0 atom stereocenters. The van der Waals surface area contributed by atoms with Crippen molar-refractivity contribution in [2.45, 2.75) is 25.7 Å². The van der Waals surface area contributed by atoms with E-state index in [0.29, 0.717) is 16.9 Å². The molecule has 1 aromatic carbocycles. The highest BCUT2D eigenvalue weighted by molar-refractivity contribution is 5.94. The summed E-state index contributed by atoms with van der Waals surface area (Å²) in [5, 5.41) is 3.16. The summed E-state index contributed by atoms with van der Waals surface area (Å²) in [6.45, 7) is 1.65. The third kappa shape index (κ3) is 4.39. The molecular formula is C20H23N3O3. The summed E-state index contributed by atoms with van der Waals surface area (Å²) >= 11 is 0. The standard InChI is InChI=1S/C20H23N3O3/c1-26-20(25)15-6-9-17(10-7-15)22-18-11-8-16(14-21-18)19(24)23-12-4-2-3-5-13-23/h6-11,14H,2-5,12-13H2,1H3,(H,21,22). The molecule has 6 nitrogen and oxygen atoms in total. The van der Waals surface area contributed by atoms with Gasteiger partial charge in [-0.2, -0.15) is 0 Å². The monoisotopic (exact) mass is 353 g/mol. The number of methoxy groups -OCH3 is 1. The molecule has 2 heterocycles. The largest absolute Gasteiger partial charge is 0.465 e. The Bertz CT molecular complexity index is 749. The molecule has 1 N–H and O–H groups in total. The summed E-state index contributed by atoms with van der Waals surface area (Å²) in [5.74, 6) is 0.322. The molecule has 0 unspecified atom stereocenters. The van der Waals surface area contributed by atoms with E-state index in [9.17, 15) is 9.59 Å². The van der Waals surface area contributed by atoms with Crippen LogP contribution < -0.4 is 5.32 Å². The second-order valence-electron chi connectivity index (χ2n) is 6.33. The van der Waals surface area contributed by atoms with Gasteiger partial charge in [0.2, 0.25) is 0 Å². The molecule has 0 saturated carbocycles. The second-order valence-corrected chi connectivity index (χ2v) is 6.33. The van der Waals surface area contributed by atoms with Crippen LogP contribution in [-0.4, -0.2) is 42.0 Å². The van der Waals surface area contributed by atoms with Gasteiger partial charge >= 0.3 is 5.97 Å². The van der Waals surface area contributed by atoms with Gasteiger partial charge in [-0.1, -0.05) is 12.8 Å². The first-order valence-electron chi connectivity index (χ1n) is 8.88. The van der Waals surface area contributed by atoms with Gasteiger partial charge in [0.15, 0.2) is 0 Å². The highest BCUT2D eigenvalue weighted by atomic mass is 16.5. The highest BCUT2D eigenvalue weighted by Crippen LogP contribution is 2.18. The molecule has 136 valence electrons. The summed E-state index contributed by atoms with van der Waals surface area (Å²) < 4.78 is 4.68. The first kappa shape index (κ1) is 17.9. The maximum Gasteiger partial charge on any atom is 0.337 e. The van der Waals surface area contributed by atoms with Gasteiger partial charge in [-0.3, -0.25) is 4.79 Å². The van der Waals surface area contributed by atoms with E-state index in [1.165, 1.54) is 20.0 Å². The summed E-state index contributed by atoms with van der Waals surface area (Å²) in [7, 11) is 1.35. The van der Waals surface area contributed by atoms with E-state index in [2.05, 4.69) is 15.0 Å². The van der Waals surface area contributed by atoms with E-state index in [1.807, 2.05) is 4.90 Å². The van der Waals surface area contributed by atoms with E-state index < -0.39 is 0 Å². The van der Waals surface area contributed by atoms with Crippen LogP contribution in [0.25, 0.3) is 0 Å². The average molecular weight is 353 g/mol. The number of aromatic nitrogens is 1. The third-order valence-electron chi connectivity index (χ3n) is 4.48. The minimum absolute atomic E-state index is 0.0494. The fourth-order valence-electron chi connectivity index (χ4n) is 3.01. The Morgan fingerprint density at radius 1 is 0.962 bits per heavy atom. The smallest absolute Gasteiger partial charge is 0.337 e. The van der Waals surface area contributed by atoms with Crippen LogP contribution in [0.2, 0.25) is 0 Å². The molecule has 6 heteroatoms. The zero-order valence-electron chi connectivity index (χ0n) is 14.9. The summed E-state index contributed by atoms with van der Waals surface area (Å²) in [6, 6.07) is 10.5. The predicted molar refractivity (Wildman–Crippen MR) is 99.7 cm³/mol. The van der Waals surface area contributed by atoms with Gasteiger partial charge in [0.1, 0.15) is 5.82 Å². The number of esters is 1. The average Bonchev–Trinajstić information content (AvgIpc) is 2.97. The lowest BCUT2D eigenvalue weighted by atomic mass is 10.2. The minimum atomic E-state index is -0.369. The van der Waals surface area contributed by atoms with Crippen molar-refractivity contribution in [3.63, 3.8) is 0 Å². The van der Waals surface area contributed by atoms with Gasteiger partial charge < -0.3 is 15.0 Å². The maximum atomic E-state index is 12.6. The summed E-state index contributed by atoms with van der Waals surface area (Å²) in [4.78, 5) is 30.3.